The molecule has 2 aromatic carbocycles. The quantitative estimate of drug-likeness (QED) is 0.567. The van der Waals surface area contributed by atoms with Crippen molar-refractivity contribution in [1.82, 2.24) is 9.55 Å². The molecule has 0 aliphatic carbocycles. The van der Waals surface area contributed by atoms with Crippen molar-refractivity contribution in [3.8, 4) is 0 Å². The molecular formula is C25H26N2O6. The van der Waals surface area contributed by atoms with Crippen LogP contribution in [0.3, 0.4) is 0 Å². The Morgan fingerprint density at radius 1 is 0.970 bits per heavy atom. The minimum atomic E-state index is -0.760. The molecule has 1 unspecified atom stereocenters. The van der Waals surface area contributed by atoms with Crippen molar-refractivity contribution in [1.29, 1.82) is 0 Å². The number of nitrogens with zero attached hydrogens (tertiary/aromatic N) is 1. The Balaban J connectivity index is 1.39. The zero-order chi connectivity index (χ0) is 22.7. The number of rotatable bonds is 8. The molecule has 172 valence electrons. The molecular weight excluding hydrogens is 424 g/mol. The highest BCUT2D eigenvalue weighted by Crippen LogP contribution is 2.46. The van der Waals surface area contributed by atoms with E-state index in [0.717, 1.165) is 11.1 Å². The van der Waals surface area contributed by atoms with Gasteiger partial charge in [-0.1, -0.05) is 60.7 Å². The van der Waals surface area contributed by atoms with Gasteiger partial charge >= 0.3 is 5.69 Å². The van der Waals surface area contributed by atoms with E-state index >= 15 is 0 Å². The number of hydrogen-bond acceptors (Lipinski definition) is 6. The minimum Gasteiger partial charge on any atom is -0.374 e. The molecule has 1 aromatic heterocycles. The highest BCUT2D eigenvalue weighted by molar-refractivity contribution is 5.15. The van der Waals surface area contributed by atoms with Crippen molar-refractivity contribution in [2.24, 2.45) is 0 Å². The lowest BCUT2D eigenvalue weighted by Gasteiger charge is -2.27. The van der Waals surface area contributed by atoms with E-state index in [0.29, 0.717) is 32.8 Å². The molecule has 4 atom stereocenters. The molecule has 3 heterocycles. The molecule has 0 bridgehead atoms. The second-order valence-electron chi connectivity index (χ2n) is 8.37. The van der Waals surface area contributed by atoms with Crippen molar-refractivity contribution in [3.63, 3.8) is 0 Å². The zero-order valence-electron chi connectivity index (χ0n) is 18.1. The first kappa shape index (κ1) is 21.8. The van der Waals surface area contributed by atoms with Gasteiger partial charge in [-0.25, -0.2) is 4.79 Å². The van der Waals surface area contributed by atoms with Crippen molar-refractivity contribution >= 4 is 0 Å². The van der Waals surface area contributed by atoms with Crippen molar-refractivity contribution in [2.45, 2.75) is 43.7 Å². The molecule has 8 nitrogen and oxygen atoms in total. The third kappa shape index (κ3) is 4.56. The van der Waals surface area contributed by atoms with Crippen LogP contribution in [-0.4, -0.2) is 40.6 Å². The number of benzene rings is 2. The summed E-state index contributed by atoms with van der Waals surface area (Å²) in [5, 5.41) is 0. The highest BCUT2D eigenvalue weighted by Gasteiger charge is 2.60. The van der Waals surface area contributed by atoms with E-state index in [1.54, 1.807) is 0 Å². The molecule has 3 aromatic rings. The topological polar surface area (TPSA) is 91.8 Å². The summed E-state index contributed by atoms with van der Waals surface area (Å²) in [4.78, 5) is 26.5. The average Bonchev–Trinajstić information content (AvgIpc) is 3.36. The highest BCUT2D eigenvalue weighted by atomic mass is 16.6. The van der Waals surface area contributed by atoms with Crippen LogP contribution in [0.2, 0.25) is 0 Å². The first-order chi connectivity index (χ1) is 16.1. The van der Waals surface area contributed by atoms with Gasteiger partial charge in [0, 0.05) is 18.7 Å². The van der Waals surface area contributed by atoms with Gasteiger partial charge in [0.25, 0.3) is 5.56 Å². The van der Waals surface area contributed by atoms with Crippen LogP contribution in [-0.2, 0) is 32.2 Å². The van der Waals surface area contributed by atoms with Gasteiger partial charge in [0.15, 0.2) is 6.23 Å². The first-order valence-corrected chi connectivity index (χ1v) is 11.0. The third-order valence-corrected chi connectivity index (χ3v) is 6.14. The van der Waals surface area contributed by atoms with Crippen LogP contribution in [0.5, 0.6) is 0 Å². The number of aromatic nitrogens is 2. The number of nitrogens with one attached hydrogen (secondary N) is 1. The van der Waals surface area contributed by atoms with Gasteiger partial charge in [0.1, 0.15) is 17.8 Å². The van der Waals surface area contributed by atoms with Gasteiger partial charge in [-0.3, -0.25) is 14.3 Å². The Labute approximate surface area is 190 Å². The van der Waals surface area contributed by atoms with E-state index in [1.165, 1.54) is 16.8 Å². The van der Waals surface area contributed by atoms with Crippen molar-refractivity contribution in [3.05, 3.63) is 105 Å². The fourth-order valence-corrected chi connectivity index (χ4v) is 4.51. The summed E-state index contributed by atoms with van der Waals surface area (Å²) in [6.07, 6.45) is 0.317. The van der Waals surface area contributed by atoms with Crippen LogP contribution in [0.15, 0.2) is 82.5 Å². The molecule has 1 N–H and O–H groups in total. The van der Waals surface area contributed by atoms with E-state index in [2.05, 4.69) is 4.98 Å². The summed E-state index contributed by atoms with van der Waals surface area (Å²) >= 11 is 0. The monoisotopic (exact) mass is 450 g/mol. The second-order valence-corrected chi connectivity index (χ2v) is 8.37. The normalized spacial score (nSPS) is 26.4. The SMILES string of the molecule is O=c1ccn([C@@H]2O[C@@]3(COCc4ccccc4)CCOC3[C@H]2OCc2ccccc2)c(=O)[nH]1. The average molecular weight is 450 g/mol. The van der Waals surface area contributed by atoms with Crippen LogP contribution in [0, 0.1) is 0 Å². The summed E-state index contributed by atoms with van der Waals surface area (Å²) in [6, 6.07) is 21.0. The minimum absolute atomic E-state index is 0.298. The van der Waals surface area contributed by atoms with E-state index in [1.807, 2.05) is 60.7 Å². The third-order valence-electron chi connectivity index (χ3n) is 6.14. The lowest BCUT2D eigenvalue weighted by atomic mass is 9.95. The Morgan fingerprint density at radius 2 is 1.67 bits per heavy atom. The Hall–Kier alpha value is -3.04. The molecule has 2 aliphatic heterocycles. The lowest BCUT2D eigenvalue weighted by molar-refractivity contribution is -0.130. The molecule has 0 amide bonds. The molecule has 2 saturated heterocycles. The standard InChI is InChI=1S/C25H26N2O6/c28-20-11-13-27(24(29)26-20)23-21(32-16-19-9-5-2-6-10-19)22-25(33-23,12-14-31-22)17-30-15-18-7-3-1-4-8-18/h1-11,13,21-23H,12,14-17H2,(H,26,28,29)/t21-,22?,23-,25-/m1/s1. The number of ether oxygens (including phenoxy) is 4. The fraction of sp³-hybridized carbons (Fsp3) is 0.360. The number of H-pyrrole nitrogens is 1. The van der Waals surface area contributed by atoms with Crippen LogP contribution < -0.4 is 11.2 Å². The second kappa shape index (κ2) is 9.44. The van der Waals surface area contributed by atoms with Crippen LogP contribution in [0.4, 0.5) is 0 Å². The molecule has 33 heavy (non-hydrogen) atoms. The zero-order valence-corrected chi connectivity index (χ0v) is 18.1. The van der Waals surface area contributed by atoms with Gasteiger partial charge in [-0.15, -0.1) is 0 Å². The summed E-state index contributed by atoms with van der Waals surface area (Å²) in [6.45, 7) is 1.59. The number of fused-ring (bicyclic) bond motifs is 1. The Bertz CT molecular complexity index is 1180. The van der Waals surface area contributed by atoms with Gasteiger partial charge in [0.2, 0.25) is 0 Å². The summed E-state index contributed by atoms with van der Waals surface area (Å²) < 4.78 is 26.3. The Kier molecular flexibility index (Phi) is 6.24. The maximum atomic E-state index is 12.6. The number of hydrogen-bond donors (Lipinski definition) is 1. The fourth-order valence-electron chi connectivity index (χ4n) is 4.51. The van der Waals surface area contributed by atoms with E-state index in [4.69, 9.17) is 18.9 Å². The maximum Gasteiger partial charge on any atom is 0.330 e. The van der Waals surface area contributed by atoms with Gasteiger partial charge in [-0.05, 0) is 11.1 Å². The molecule has 2 aliphatic rings. The van der Waals surface area contributed by atoms with E-state index in [9.17, 15) is 9.59 Å². The van der Waals surface area contributed by atoms with Crippen molar-refractivity contribution in [2.75, 3.05) is 13.2 Å². The molecule has 0 spiro atoms. The molecule has 5 rings (SSSR count). The summed E-state index contributed by atoms with van der Waals surface area (Å²) in [5.74, 6) is 0. The van der Waals surface area contributed by atoms with Gasteiger partial charge < -0.3 is 18.9 Å². The largest absolute Gasteiger partial charge is 0.374 e. The summed E-state index contributed by atoms with van der Waals surface area (Å²) in [7, 11) is 0. The van der Waals surface area contributed by atoms with Crippen LogP contribution >= 0.6 is 0 Å². The van der Waals surface area contributed by atoms with E-state index < -0.39 is 35.3 Å². The predicted molar refractivity (Wildman–Crippen MR) is 120 cm³/mol. The summed E-state index contributed by atoms with van der Waals surface area (Å²) in [5.41, 5.74) is 0.291. The van der Waals surface area contributed by atoms with Crippen molar-refractivity contribution < 1.29 is 18.9 Å². The molecule has 8 heteroatoms. The van der Waals surface area contributed by atoms with Crippen LogP contribution in [0.25, 0.3) is 0 Å². The number of aromatic amines is 1. The van der Waals surface area contributed by atoms with E-state index in [-0.39, 0.29) is 0 Å². The van der Waals surface area contributed by atoms with Gasteiger partial charge in [-0.2, -0.15) is 0 Å². The molecule has 2 fully saturated rings. The smallest absolute Gasteiger partial charge is 0.330 e. The van der Waals surface area contributed by atoms with Crippen LogP contribution in [0.1, 0.15) is 23.8 Å². The first-order valence-electron chi connectivity index (χ1n) is 11.0. The Morgan fingerprint density at radius 3 is 2.36 bits per heavy atom. The maximum absolute atomic E-state index is 12.6. The molecule has 0 radical (unpaired) electrons. The molecule has 0 saturated carbocycles. The van der Waals surface area contributed by atoms with Gasteiger partial charge in [0.05, 0.1) is 26.4 Å². The lowest BCUT2D eigenvalue weighted by Crippen LogP contribution is -2.44. The predicted octanol–water partition coefficient (Wildman–Crippen LogP) is 2.40.